The van der Waals surface area contributed by atoms with Crippen LogP contribution >= 0.6 is 11.8 Å². The molecule has 0 aromatic heterocycles. The van der Waals surface area contributed by atoms with Crippen molar-refractivity contribution in [2.75, 3.05) is 5.75 Å². The number of hydrogen-bond donors (Lipinski definition) is 1. The van der Waals surface area contributed by atoms with Crippen LogP contribution in [-0.2, 0) is 6.18 Å². The molecule has 5 nitrogen and oxygen atoms in total. The Morgan fingerprint density at radius 1 is 1.44 bits per heavy atom. The van der Waals surface area contributed by atoms with Gasteiger partial charge in [0.2, 0.25) is 0 Å². The van der Waals surface area contributed by atoms with Crippen molar-refractivity contribution in [2.24, 2.45) is 0 Å². The van der Waals surface area contributed by atoms with Crippen molar-refractivity contribution >= 4 is 23.0 Å². The van der Waals surface area contributed by atoms with E-state index in [1.807, 2.05) is 6.07 Å². The van der Waals surface area contributed by atoms with Crippen LogP contribution in [0.3, 0.4) is 0 Å². The second-order valence-electron chi connectivity index (χ2n) is 5.18. The van der Waals surface area contributed by atoms with E-state index in [0.717, 1.165) is 28.8 Å². The molecule has 1 aromatic carbocycles. The van der Waals surface area contributed by atoms with Crippen LogP contribution < -0.4 is 5.32 Å². The Morgan fingerprint density at radius 3 is 2.68 bits per heavy atom. The molecule has 0 saturated carbocycles. The number of amides is 3. The summed E-state index contributed by atoms with van der Waals surface area (Å²) >= 11 is 0.835. The molecular weight excluding hydrogens is 355 g/mol. The SMILES string of the molecule is CCSC(=O)N1C(=O)NC(C)=C(C#N)C1c1cccc(C(F)(F)F)c1. The maximum atomic E-state index is 13.0. The number of nitriles is 1. The van der Waals surface area contributed by atoms with Crippen molar-refractivity contribution in [1.82, 2.24) is 10.2 Å². The molecule has 1 aliphatic rings. The van der Waals surface area contributed by atoms with Gasteiger partial charge in [-0.15, -0.1) is 0 Å². The summed E-state index contributed by atoms with van der Waals surface area (Å²) in [5.74, 6) is 0.377. The van der Waals surface area contributed by atoms with Gasteiger partial charge in [-0.2, -0.15) is 18.4 Å². The van der Waals surface area contributed by atoms with Crippen molar-refractivity contribution in [2.45, 2.75) is 26.1 Å². The number of halogens is 3. The van der Waals surface area contributed by atoms with Gasteiger partial charge < -0.3 is 5.32 Å². The minimum atomic E-state index is -4.58. The number of imide groups is 1. The molecule has 1 heterocycles. The van der Waals surface area contributed by atoms with Crippen LogP contribution in [0, 0.1) is 11.3 Å². The average Bonchev–Trinajstić information content (AvgIpc) is 2.53. The molecule has 1 aliphatic heterocycles. The summed E-state index contributed by atoms with van der Waals surface area (Å²) in [7, 11) is 0. The predicted molar refractivity (Wildman–Crippen MR) is 86.4 cm³/mol. The first-order valence-corrected chi connectivity index (χ1v) is 8.24. The molecule has 0 fully saturated rings. The zero-order valence-electron chi connectivity index (χ0n) is 13.3. The van der Waals surface area contributed by atoms with Gasteiger partial charge in [0.05, 0.1) is 17.2 Å². The number of nitrogens with one attached hydrogen (secondary N) is 1. The van der Waals surface area contributed by atoms with E-state index < -0.39 is 29.1 Å². The third-order valence-corrected chi connectivity index (χ3v) is 4.30. The lowest BCUT2D eigenvalue weighted by Gasteiger charge is -2.34. The minimum Gasteiger partial charge on any atom is -0.310 e. The van der Waals surface area contributed by atoms with Gasteiger partial charge >= 0.3 is 12.2 Å². The lowest BCUT2D eigenvalue weighted by atomic mass is 9.94. The second-order valence-corrected chi connectivity index (χ2v) is 6.39. The van der Waals surface area contributed by atoms with Crippen LogP contribution in [0.15, 0.2) is 35.5 Å². The van der Waals surface area contributed by atoms with E-state index >= 15 is 0 Å². The second kappa shape index (κ2) is 7.19. The number of benzene rings is 1. The summed E-state index contributed by atoms with van der Waals surface area (Å²) in [6.45, 7) is 3.17. The highest BCUT2D eigenvalue weighted by atomic mass is 32.2. The monoisotopic (exact) mass is 369 g/mol. The number of nitrogens with zero attached hydrogens (tertiary/aromatic N) is 2. The number of thioether (sulfide) groups is 1. The van der Waals surface area contributed by atoms with Crippen molar-refractivity contribution in [3.63, 3.8) is 0 Å². The number of carbonyl (C=O) groups excluding carboxylic acids is 2. The number of allylic oxidation sites excluding steroid dienone is 1. The normalized spacial score (nSPS) is 18.0. The topological polar surface area (TPSA) is 73.2 Å². The Balaban J connectivity index is 2.62. The molecule has 0 aliphatic carbocycles. The van der Waals surface area contributed by atoms with Crippen molar-refractivity contribution in [1.29, 1.82) is 5.26 Å². The largest absolute Gasteiger partial charge is 0.416 e. The Bertz CT molecular complexity index is 784. The molecule has 3 amide bonds. The van der Waals surface area contributed by atoms with Crippen LogP contribution in [0.1, 0.15) is 31.0 Å². The van der Waals surface area contributed by atoms with Gasteiger partial charge in [-0.25, -0.2) is 9.69 Å². The van der Waals surface area contributed by atoms with Crippen molar-refractivity contribution < 1.29 is 22.8 Å². The summed E-state index contributed by atoms with van der Waals surface area (Å²) in [5.41, 5.74) is -0.642. The summed E-state index contributed by atoms with van der Waals surface area (Å²) in [5, 5.41) is 11.2. The molecule has 0 bridgehead atoms. The van der Waals surface area contributed by atoms with Gasteiger partial charge in [0.15, 0.2) is 0 Å². The minimum absolute atomic E-state index is 0.0176. The molecule has 1 atom stereocenters. The van der Waals surface area contributed by atoms with Gasteiger partial charge in [0.1, 0.15) is 6.04 Å². The average molecular weight is 369 g/mol. The summed E-state index contributed by atoms with van der Waals surface area (Å²) in [6.07, 6.45) is -4.58. The number of rotatable bonds is 2. The highest BCUT2D eigenvalue weighted by molar-refractivity contribution is 8.13. The van der Waals surface area contributed by atoms with E-state index in [9.17, 15) is 28.0 Å². The third-order valence-electron chi connectivity index (χ3n) is 3.56. The van der Waals surface area contributed by atoms with E-state index in [1.165, 1.54) is 19.1 Å². The van der Waals surface area contributed by atoms with Crippen LogP contribution in [0.2, 0.25) is 0 Å². The molecule has 0 radical (unpaired) electrons. The predicted octanol–water partition coefficient (Wildman–Crippen LogP) is 4.44. The molecule has 1 aromatic rings. The number of carbonyl (C=O) groups is 2. The summed E-state index contributed by atoms with van der Waals surface area (Å²) in [4.78, 5) is 25.4. The Morgan fingerprint density at radius 2 is 2.12 bits per heavy atom. The maximum Gasteiger partial charge on any atom is 0.416 e. The van der Waals surface area contributed by atoms with E-state index in [1.54, 1.807) is 6.92 Å². The number of urea groups is 1. The molecule has 1 N–H and O–H groups in total. The van der Waals surface area contributed by atoms with Gasteiger partial charge in [0, 0.05) is 5.70 Å². The lowest BCUT2D eigenvalue weighted by molar-refractivity contribution is -0.137. The van der Waals surface area contributed by atoms with Crippen LogP contribution in [-0.4, -0.2) is 21.9 Å². The maximum absolute atomic E-state index is 13.0. The molecule has 132 valence electrons. The highest BCUT2D eigenvalue weighted by Crippen LogP contribution is 2.37. The number of alkyl halides is 3. The smallest absolute Gasteiger partial charge is 0.310 e. The summed E-state index contributed by atoms with van der Waals surface area (Å²) in [6, 6.07) is 4.20. The zero-order chi connectivity index (χ0) is 18.8. The van der Waals surface area contributed by atoms with Gasteiger partial charge in [-0.3, -0.25) is 4.79 Å². The van der Waals surface area contributed by atoms with E-state index in [4.69, 9.17) is 0 Å². The molecule has 0 saturated heterocycles. The first kappa shape index (κ1) is 18.9. The highest BCUT2D eigenvalue weighted by Gasteiger charge is 2.40. The van der Waals surface area contributed by atoms with Gasteiger partial charge in [-0.05, 0) is 30.4 Å². The first-order chi connectivity index (χ1) is 11.7. The fourth-order valence-electron chi connectivity index (χ4n) is 2.47. The van der Waals surface area contributed by atoms with Crippen LogP contribution in [0.5, 0.6) is 0 Å². The molecule has 1 unspecified atom stereocenters. The van der Waals surface area contributed by atoms with E-state index in [2.05, 4.69) is 5.32 Å². The van der Waals surface area contributed by atoms with Crippen LogP contribution in [0.25, 0.3) is 0 Å². The molecular formula is C16H14F3N3O2S. The Kier molecular flexibility index (Phi) is 5.42. The van der Waals surface area contributed by atoms with Crippen molar-refractivity contribution in [3.05, 3.63) is 46.7 Å². The molecule has 2 rings (SSSR count). The zero-order valence-corrected chi connectivity index (χ0v) is 14.2. The van der Waals surface area contributed by atoms with Gasteiger partial charge in [0.25, 0.3) is 5.24 Å². The third kappa shape index (κ3) is 3.79. The lowest BCUT2D eigenvalue weighted by Crippen LogP contribution is -2.48. The standard InChI is InChI=1S/C16H14F3N3O2S/c1-3-25-15(24)22-13(12(8-20)9(2)21-14(22)23)10-5-4-6-11(7-10)16(17,18)19/h4-7,13H,3H2,1-2H3,(H,21,23). The fourth-order valence-corrected chi connectivity index (χ4v) is 3.04. The van der Waals surface area contributed by atoms with E-state index in [-0.39, 0.29) is 16.8 Å². The van der Waals surface area contributed by atoms with Gasteiger partial charge in [-0.1, -0.05) is 30.8 Å². The first-order valence-electron chi connectivity index (χ1n) is 7.25. The Hall–Kier alpha value is -2.47. The molecule has 0 spiro atoms. The quantitative estimate of drug-likeness (QED) is 0.836. The van der Waals surface area contributed by atoms with E-state index in [0.29, 0.717) is 5.75 Å². The number of hydrogen-bond acceptors (Lipinski definition) is 4. The molecule has 9 heteroatoms. The molecule has 25 heavy (non-hydrogen) atoms. The Labute approximate surface area is 146 Å². The fraction of sp³-hybridized carbons (Fsp3) is 0.312. The van der Waals surface area contributed by atoms with Crippen LogP contribution in [0.4, 0.5) is 22.8 Å². The summed E-state index contributed by atoms with van der Waals surface area (Å²) < 4.78 is 39.0. The van der Waals surface area contributed by atoms with Crippen molar-refractivity contribution in [3.8, 4) is 6.07 Å².